The molecule has 30 heavy (non-hydrogen) atoms. The van der Waals surface area contributed by atoms with Crippen molar-refractivity contribution in [3.63, 3.8) is 0 Å². The van der Waals surface area contributed by atoms with Crippen LogP contribution in [-0.2, 0) is 9.59 Å². The molecule has 3 heterocycles. The summed E-state index contributed by atoms with van der Waals surface area (Å²) in [4.78, 5) is 44.3. The molecule has 3 saturated heterocycles. The van der Waals surface area contributed by atoms with Crippen molar-refractivity contribution >= 4 is 17.7 Å². The van der Waals surface area contributed by atoms with Crippen molar-refractivity contribution in [3.05, 3.63) is 35.4 Å². The molecule has 6 nitrogen and oxygen atoms in total. The number of carbonyl (C=O) groups is 3. The van der Waals surface area contributed by atoms with E-state index in [4.69, 9.17) is 0 Å². The highest BCUT2D eigenvalue weighted by Gasteiger charge is 2.60. The van der Waals surface area contributed by atoms with Gasteiger partial charge in [-0.15, -0.1) is 0 Å². The molecule has 4 rings (SSSR count). The van der Waals surface area contributed by atoms with E-state index in [1.165, 1.54) is 6.07 Å². The number of likely N-dealkylation sites (tertiary alicyclic amines) is 3. The molecule has 0 aliphatic carbocycles. The second-order valence-corrected chi connectivity index (χ2v) is 9.04. The van der Waals surface area contributed by atoms with Crippen LogP contribution in [0.3, 0.4) is 0 Å². The van der Waals surface area contributed by atoms with Gasteiger partial charge in [0, 0.05) is 56.7 Å². The summed E-state index contributed by atoms with van der Waals surface area (Å²) in [6.45, 7) is 6.30. The lowest BCUT2D eigenvalue weighted by Gasteiger charge is -2.32. The van der Waals surface area contributed by atoms with Gasteiger partial charge in [0.25, 0.3) is 5.91 Å². The minimum absolute atomic E-state index is 0.00430. The molecule has 3 aliphatic heterocycles. The zero-order valence-electron chi connectivity index (χ0n) is 17.4. The maximum atomic E-state index is 13.6. The largest absolute Gasteiger partial charge is 0.342 e. The Kier molecular flexibility index (Phi) is 5.28. The highest BCUT2D eigenvalue weighted by molar-refractivity contribution is 5.96. The van der Waals surface area contributed by atoms with Gasteiger partial charge in [-0.3, -0.25) is 14.4 Å². The number of hydrogen-bond donors (Lipinski definition) is 0. The topological polar surface area (TPSA) is 60.9 Å². The van der Waals surface area contributed by atoms with E-state index in [1.807, 2.05) is 18.7 Å². The maximum Gasteiger partial charge on any atom is 0.254 e. The molecule has 3 fully saturated rings. The van der Waals surface area contributed by atoms with Crippen molar-refractivity contribution in [2.24, 2.45) is 17.3 Å². The van der Waals surface area contributed by atoms with Gasteiger partial charge in [-0.2, -0.15) is 0 Å². The summed E-state index contributed by atoms with van der Waals surface area (Å²) in [5.74, 6) is -2.81. The first-order valence-electron chi connectivity index (χ1n) is 10.6. The summed E-state index contributed by atoms with van der Waals surface area (Å²) in [6.07, 6.45) is 1.91. The molecule has 2 atom stereocenters. The highest BCUT2D eigenvalue weighted by Crippen LogP contribution is 2.45. The molecule has 0 spiro atoms. The molecular weight excluding hydrogens is 392 g/mol. The van der Waals surface area contributed by atoms with Gasteiger partial charge in [-0.25, -0.2) is 8.78 Å². The van der Waals surface area contributed by atoms with Crippen molar-refractivity contribution < 1.29 is 23.2 Å². The highest BCUT2D eigenvalue weighted by atomic mass is 19.2. The SMILES string of the molecule is CC(C)C(=O)N1C[C@H]2CN(C(=O)c3ccc(F)c(F)c3)C[C@@]2(C(=O)N2CCCC2)C1. The van der Waals surface area contributed by atoms with E-state index in [0.717, 1.165) is 25.0 Å². The van der Waals surface area contributed by atoms with Crippen LogP contribution in [0.2, 0.25) is 0 Å². The van der Waals surface area contributed by atoms with Gasteiger partial charge in [0.15, 0.2) is 11.6 Å². The number of halogens is 2. The Morgan fingerprint density at radius 2 is 1.60 bits per heavy atom. The van der Waals surface area contributed by atoms with Crippen molar-refractivity contribution in [2.75, 3.05) is 39.3 Å². The minimum atomic E-state index is -1.07. The molecular formula is C22H27F2N3O3. The van der Waals surface area contributed by atoms with Crippen LogP contribution in [0.1, 0.15) is 37.0 Å². The van der Waals surface area contributed by atoms with Gasteiger partial charge < -0.3 is 14.7 Å². The third kappa shape index (κ3) is 3.36. The van der Waals surface area contributed by atoms with Gasteiger partial charge in [-0.05, 0) is 31.0 Å². The summed E-state index contributed by atoms with van der Waals surface area (Å²) >= 11 is 0. The number of amides is 3. The smallest absolute Gasteiger partial charge is 0.254 e. The predicted octanol–water partition coefficient (Wildman–Crippen LogP) is 2.14. The van der Waals surface area contributed by atoms with Crippen LogP contribution >= 0.6 is 0 Å². The van der Waals surface area contributed by atoms with E-state index in [9.17, 15) is 23.2 Å². The first-order chi connectivity index (χ1) is 14.2. The molecule has 1 aromatic rings. The van der Waals surface area contributed by atoms with Gasteiger partial charge in [0.2, 0.25) is 11.8 Å². The zero-order valence-corrected chi connectivity index (χ0v) is 17.4. The third-order valence-electron chi connectivity index (χ3n) is 6.69. The average Bonchev–Trinajstić information content (AvgIpc) is 3.43. The zero-order chi connectivity index (χ0) is 21.6. The molecule has 1 aromatic carbocycles. The Morgan fingerprint density at radius 1 is 0.967 bits per heavy atom. The number of benzene rings is 1. The standard InChI is InChI=1S/C22H27F2N3O3/c1-14(2)19(28)26-10-16-11-27(20(29)15-5-6-17(23)18(24)9-15)13-22(16,12-26)21(30)25-7-3-4-8-25/h5-6,9,14,16H,3-4,7-8,10-13H2,1-2H3/t16-,22-/m0/s1. The van der Waals surface area contributed by atoms with Crippen LogP contribution in [0.5, 0.6) is 0 Å². The molecule has 162 valence electrons. The fraction of sp³-hybridized carbons (Fsp3) is 0.591. The van der Waals surface area contributed by atoms with E-state index in [1.54, 1.807) is 9.80 Å². The number of hydrogen-bond acceptors (Lipinski definition) is 3. The number of rotatable bonds is 3. The molecule has 0 radical (unpaired) electrons. The molecule has 3 amide bonds. The normalized spacial score (nSPS) is 25.9. The van der Waals surface area contributed by atoms with Crippen LogP contribution in [0.15, 0.2) is 18.2 Å². The van der Waals surface area contributed by atoms with E-state index in [0.29, 0.717) is 32.7 Å². The van der Waals surface area contributed by atoms with Gasteiger partial charge in [0.1, 0.15) is 0 Å². The molecule has 0 bridgehead atoms. The van der Waals surface area contributed by atoms with Gasteiger partial charge >= 0.3 is 0 Å². The summed E-state index contributed by atoms with van der Waals surface area (Å²) in [6, 6.07) is 3.10. The minimum Gasteiger partial charge on any atom is -0.342 e. The summed E-state index contributed by atoms with van der Waals surface area (Å²) in [7, 11) is 0. The average molecular weight is 419 g/mol. The lowest BCUT2D eigenvalue weighted by molar-refractivity contribution is -0.141. The lowest BCUT2D eigenvalue weighted by atomic mass is 9.79. The summed E-state index contributed by atoms with van der Waals surface area (Å²) < 4.78 is 26.9. The lowest BCUT2D eigenvalue weighted by Crippen LogP contribution is -2.49. The van der Waals surface area contributed by atoms with Crippen LogP contribution in [0, 0.1) is 28.9 Å². The molecule has 0 aromatic heterocycles. The first kappa shape index (κ1) is 20.8. The van der Waals surface area contributed by atoms with Gasteiger partial charge in [-0.1, -0.05) is 13.8 Å². The first-order valence-corrected chi connectivity index (χ1v) is 10.6. The Balaban J connectivity index is 1.60. The Hall–Kier alpha value is -2.51. The van der Waals surface area contributed by atoms with E-state index in [-0.39, 0.29) is 35.8 Å². The van der Waals surface area contributed by atoms with Crippen LogP contribution in [0.25, 0.3) is 0 Å². The van der Waals surface area contributed by atoms with E-state index in [2.05, 4.69) is 0 Å². The molecule has 0 N–H and O–H groups in total. The van der Waals surface area contributed by atoms with E-state index < -0.39 is 23.0 Å². The molecule has 8 heteroatoms. The number of carbonyl (C=O) groups excluding carboxylic acids is 3. The van der Waals surface area contributed by atoms with Crippen molar-refractivity contribution in [3.8, 4) is 0 Å². The maximum absolute atomic E-state index is 13.6. The third-order valence-corrected chi connectivity index (χ3v) is 6.69. The molecule has 0 saturated carbocycles. The monoisotopic (exact) mass is 419 g/mol. The molecule has 3 aliphatic rings. The van der Waals surface area contributed by atoms with Crippen LogP contribution < -0.4 is 0 Å². The fourth-order valence-electron chi connectivity index (χ4n) is 5.10. The predicted molar refractivity (Wildman–Crippen MR) is 105 cm³/mol. The van der Waals surface area contributed by atoms with Gasteiger partial charge in [0.05, 0.1) is 5.41 Å². The Bertz CT molecular complexity index is 884. The van der Waals surface area contributed by atoms with Crippen molar-refractivity contribution in [1.29, 1.82) is 0 Å². The summed E-state index contributed by atoms with van der Waals surface area (Å²) in [5, 5.41) is 0. The second-order valence-electron chi connectivity index (χ2n) is 9.04. The van der Waals surface area contributed by atoms with Crippen molar-refractivity contribution in [2.45, 2.75) is 26.7 Å². The molecule has 0 unspecified atom stereocenters. The van der Waals surface area contributed by atoms with Crippen molar-refractivity contribution in [1.82, 2.24) is 14.7 Å². The second kappa shape index (κ2) is 7.63. The van der Waals surface area contributed by atoms with E-state index >= 15 is 0 Å². The fourth-order valence-corrected chi connectivity index (χ4v) is 5.10. The van der Waals surface area contributed by atoms with Crippen LogP contribution in [0.4, 0.5) is 8.78 Å². The Labute approximate surface area is 174 Å². The quantitative estimate of drug-likeness (QED) is 0.754. The summed E-state index contributed by atoms with van der Waals surface area (Å²) in [5.41, 5.74) is -0.767. The number of nitrogens with zero attached hydrogens (tertiary/aromatic N) is 3. The Morgan fingerprint density at radius 3 is 2.23 bits per heavy atom. The van der Waals surface area contributed by atoms with Crippen LogP contribution in [-0.4, -0.2) is 71.7 Å². The number of fused-ring (bicyclic) bond motifs is 1.